The Balaban J connectivity index is 1.90. The van der Waals surface area contributed by atoms with E-state index in [1.54, 1.807) is 18.2 Å². The van der Waals surface area contributed by atoms with Gasteiger partial charge in [0.05, 0.1) is 5.25 Å². The Labute approximate surface area is 156 Å². The molecule has 0 fully saturated rings. The molecule has 0 aliphatic rings. The largest absolute Gasteiger partial charge is 0.480 e. The van der Waals surface area contributed by atoms with Gasteiger partial charge in [-0.3, -0.25) is 14.4 Å². The Morgan fingerprint density at radius 2 is 1.81 bits per heavy atom. The highest BCUT2D eigenvalue weighted by molar-refractivity contribution is 7.99. The maximum Gasteiger partial charge on any atom is 0.322 e. The molecule has 0 aromatic heterocycles. The Kier molecular flexibility index (Phi) is 7.23. The van der Waals surface area contributed by atoms with Crippen LogP contribution in [0.15, 0.2) is 54.6 Å². The van der Waals surface area contributed by atoms with Crippen molar-refractivity contribution in [2.24, 2.45) is 0 Å². The van der Waals surface area contributed by atoms with Crippen LogP contribution in [0.1, 0.15) is 22.8 Å². The summed E-state index contributed by atoms with van der Waals surface area (Å²) in [6.45, 7) is 1.37. The third kappa shape index (κ3) is 6.25. The molecular formula is C19H20N2O4S. The lowest BCUT2D eigenvalue weighted by Gasteiger charge is -2.13. The molecular weight excluding hydrogens is 352 g/mol. The Morgan fingerprint density at radius 1 is 1.08 bits per heavy atom. The van der Waals surface area contributed by atoms with E-state index in [0.29, 0.717) is 5.69 Å². The minimum Gasteiger partial charge on any atom is -0.480 e. The van der Waals surface area contributed by atoms with Crippen molar-refractivity contribution in [1.29, 1.82) is 0 Å². The number of amides is 2. The zero-order chi connectivity index (χ0) is 18.9. The molecule has 0 radical (unpaired) electrons. The molecule has 0 saturated heterocycles. The van der Waals surface area contributed by atoms with Gasteiger partial charge in [0.15, 0.2) is 0 Å². The van der Waals surface area contributed by atoms with E-state index in [1.807, 2.05) is 37.3 Å². The second-order valence-corrected chi connectivity index (χ2v) is 6.91. The Hall–Kier alpha value is -2.80. The molecule has 0 aliphatic carbocycles. The standard InChI is InChI=1S/C19H20N2O4S/c1-13(26-12-14-6-3-2-4-7-14)18(24)21-16-9-5-8-15(10-16)19(25)20-11-17(22)23/h2-10,13H,11-12H2,1H3,(H,20,25)(H,21,24)(H,22,23)/t13-/m1/s1. The van der Waals surface area contributed by atoms with Crippen molar-refractivity contribution in [2.75, 3.05) is 11.9 Å². The zero-order valence-electron chi connectivity index (χ0n) is 14.3. The molecule has 26 heavy (non-hydrogen) atoms. The second kappa shape index (κ2) is 9.62. The first kappa shape index (κ1) is 19.5. The highest BCUT2D eigenvalue weighted by Gasteiger charge is 2.15. The van der Waals surface area contributed by atoms with Gasteiger partial charge in [0.1, 0.15) is 6.54 Å². The van der Waals surface area contributed by atoms with Crippen LogP contribution in [0.25, 0.3) is 0 Å². The van der Waals surface area contributed by atoms with Crippen LogP contribution >= 0.6 is 11.8 Å². The van der Waals surface area contributed by atoms with Gasteiger partial charge in [0.2, 0.25) is 5.91 Å². The molecule has 0 saturated carbocycles. The first-order chi connectivity index (χ1) is 12.5. The van der Waals surface area contributed by atoms with Crippen LogP contribution in [-0.4, -0.2) is 34.7 Å². The van der Waals surface area contributed by atoms with Crippen molar-refractivity contribution in [1.82, 2.24) is 5.32 Å². The monoisotopic (exact) mass is 372 g/mol. The fourth-order valence-electron chi connectivity index (χ4n) is 2.11. The van der Waals surface area contributed by atoms with E-state index in [1.165, 1.54) is 17.8 Å². The average Bonchev–Trinajstić information content (AvgIpc) is 2.65. The van der Waals surface area contributed by atoms with E-state index in [4.69, 9.17) is 5.11 Å². The van der Waals surface area contributed by atoms with Crippen LogP contribution in [0.3, 0.4) is 0 Å². The highest BCUT2D eigenvalue weighted by Crippen LogP contribution is 2.19. The minimum atomic E-state index is -1.12. The third-order valence-electron chi connectivity index (χ3n) is 3.50. The number of rotatable bonds is 8. The molecule has 136 valence electrons. The van der Waals surface area contributed by atoms with Gasteiger partial charge in [-0.25, -0.2) is 0 Å². The number of hydrogen-bond donors (Lipinski definition) is 3. The van der Waals surface area contributed by atoms with Gasteiger partial charge in [-0.15, -0.1) is 11.8 Å². The van der Waals surface area contributed by atoms with Crippen molar-refractivity contribution >= 4 is 35.2 Å². The predicted octanol–water partition coefficient (Wildman–Crippen LogP) is 2.76. The van der Waals surface area contributed by atoms with Crippen LogP contribution in [0.4, 0.5) is 5.69 Å². The lowest BCUT2D eigenvalue weighted by atomic mass is 10.2. The van der Waals surface area contributed by atoms with Crippen molar-refractivity contribution < 1.29 is 19.5 Å². The number of carbonyl (C=O) groups excluding carboxylic acids is 2. The SMILES string of the molecule is C[C@@H](SCc1ccccc1)C(=O)Nc1cccc(C(=O)NCC(=O)O)c1. The molecule has 0 spiro atoms. The predicted molar refractivity (Wildman–Crippen MR) is 102 cm³/mol. The van der Waals surface area contributed by atoms with Crippen LogP contribution in [-0.2, 0) is 15.3 Å². The molecule has 6 nitrogen and oxygen atoms in total. The number of hydrogen-bond acceptors (Lipinski definition) is 4. The maximum atomic E-state index is 12.3. The summed E-state index contributed by atoms with van der Waals surface area (Å²) in [4.78, 5) is 34.7. The normalized spacial score (nSPS) is 11.4. The van der Waals surface area contributed by atoms with Crippen molar-refractivity contribution in [3.05, 3.63) is 65.7 Å². The molecule has 2 amide bonds. The first-order valence-corrected chi connectivity index (χ1v) is 9.07. The van der Waals surface area contributed by atoms with Gasteiger partial charge in [0.25, 0.3) is 5.91 Å². The number of aliphatic carboxylic acids is 1. The number of carbonyl (C=O) groups is 3. The van der Waals surface area contributed by atoms with Gasteiger partial charge < -0.3 is 15.7 Å². The van der Waals surface area contributed by atoms with E-state index < -0.39 is 18.4 Å². The number of carboxylic acids is 1. The van der Waals surface area contributed by atoms with E-state index in [9.17, 15) is 14.4 Å². The number of nitrogens with one attached hydrogen (secondary N) is 2. The smallest absolute Gasteiger partial charge is 0.322 e. The molecule has 2 aromatic carbocycles. The lowest BCUT2D eigenvalue weighted by Crippen LogP contribution is -2.29. The van der Waals surface area contributed by atoms with Crippen molar-refractivity contribution in [3.63, 3.8) is 0 Å². The minimum absolute atomic E-state index is 0.158. The van der Waals surface area contributed by atoms with Gasteiger partial charge in [-0.05, 0) is 30.7 Å². The van der Waals surface area contributed by atoms with Gasteiger partial charge in [-0.2, -0.15) is 0 Å². The van der Waals surface area contributed by atoms with Crippen LogP contribution < -0.4 is 10.6 Å². The van der Waals surface area contributed by atoms with E-state index in [-0.39, 0.29) is 16.7 Å². The number of carboxylic acid groups (broad SMARTS) is 1. The molecule has 1 atom stereocenters. The number of anilines is 1. The fraction of sp³-hybridized carbons (Fsp3) is 0.211. The molecule has 0 heterocycles. The zero-order valence-corrected chi connectivity index (χ0v) is 15.1. The highest BCUT2D eigenvalue weighted by atomic mass is 32.2. The summed E-state index contributed by atoms with van der Waals surface area (Å²) < 4.78 is 0. The van der Waals surface area contributed by atoms with Crippen LogP contribution in [0.5, 0.6) is 0 Å². The molecule has 7 heteroatoms. The van der Waals surface area contributed by atoms with Crippen LogP contribution in [0.2, 0.25) is 0 Å². The van der Waals surface area contributed by atoms with E-state index in [0.717, 1.165) is 11.3 Å². The molecule has 3 N–H and O–H groups in total. The topological polar surface area (TPSA) is 95.5 Å². The maximum absolute atomic E-state index is 12.3. The summed E-state index contributed by atoms with van der Waals surface area (Å²) in [6.07, 6.45) is 0. The lowest BCUT2D eigenvalue weighted by molar-refractivity contribution is -0.135. The molecule has 2 rings (SSSR count). The number of benzene rings is 2. The average molecular weight is 372 g/mol. The summed E-state index contributed by atoms with van der Waals surface area (Å²) in [5, 5.41) is 13.4. The van der Waals surface area contributed by atoms with E-state index in [2.05, 4.69) is 10.6 Å². The number of thioether (sulfide) groups is 1. The van der Waals surface area contributed by atoms with Gasteiger partial charge >= 0.3 is 5.97 Å². The summed E-state index contributed by atoms with van der Waals surface area (Å²) in [7, 11) is 0. The van der Waals surface area contributed by atoms with Crippen molar-refractivity contribution in [3.8, 4) is 0 Å². The quantitative estimate of drug-likeness (QED) is 0.662. The molecule has 0 unspecified atom stereocenters. The van der Waals surface area contributed by atoms with Crippen LogP contribution in [0, 0.1) is 0 Å². The third-order valence-corrected chi connectivity index (χ3v) is 4.72. The Bertz CT molecular complexity index is 780. The summed E-state index contributed by atoms with van der Waals surface area (Å²) in [5.74, 6) is -1.05. The fourth-order valence-corrected chi connectivity index (χ4v) is 2.96. The van der Waals surface area contributed by atoms with Crippen molar-refractivity contribution in [2.45, 2.75) is 17.9 Å². The van der Waals surface area contributed by atoms with Gasteiger partial charge in [-0.1, -0.05) is 36.4 Å². The first-order valence-electron chi connectivity index (χ1n) is 8.02. The Morgan fingerprint density at radius 3 is 2.50 bits per heavy atom. The molecule has 2 aromatic rings. The van der Waals surface area contributed by atoms with E-state index >= 15 is 0 Å². The molecule has 0 bridgehead atoms. The second-order valence-electron chi connectivity index (χ2n) is 5.59. The summed E-state index contributed by atoms with van der Waals surface area (Å²) >= 11 is 1.52. The van der Waals surface area contributed by atoms with Gasteiger partial charge in [0, 0.05) is 17.0 Å². The summed E-state index contributed by atoms with van der Waals surface area (Å²) in [6, 6.07) is 16.3. The summed E-state index contributed by atoms with van der Waals surface area (Å²) in [5.41, 5.74) is 1.92. The molecule has 0 aliphatic heterocycles.